The molecular formula is C14H19ClN2O. The average Bonchev–Trinajstić information content (AvgIpc) is 2.64. The van der Waals surface area contributed by atoms with Crippen LogP contribution in [0, 0.1) is 5.41 Å². The molecule has 0 fully saturated rings. The van der Waals surface area contributed by atoms with Gasteiger partial charge in [0.1, 0.15) is 11.6 Å². The maximum Gasteiger partial charge on any atom is 0.124 e. The topological polar surface area (TPSA) is 27.1 Å². The maximum atomic E-state index is 5.99. The Hall–Kier alpha value is -1.22. The van der Waals surface area contributed by atoms with Crippen LogP contribution < -0.4 is 4.74 Å². The summed E-state index contributed by atoms with van der Waals surface area (Å²) in [6, 6.07) is 5.92. The molecule has 2 aromatic rings. The van der Waals surface area contributed by atoms with E-state index in [0.29, 0.717) is 5.88 Å². The fourth-order valence-electron chi connectivity index (χ4n) is 2.03. The molecule has 1 heterocycles. The van der Waals surface area contributed by atoms with Crippen molar-refractivity contribution >= 4 is 22.6 Å². The highest BCUT2D eigenvalue weighted by molar-refractivity contribution is 6.16. The molecule has 0 unspecified atom stereocenters. The lowest BCUT2D eigenvalue weighted by Gasteiger charge is -2.21. The molecule has 1 aromatic heterocycles. The Morgan fingerprint density at radius 1 is 1.33 bits per heavy atom. The van der Waals surface area contributed by atoms with Crippen LogP contribution in [0.2, 0.25) is 0 Å². The largest absolute Gasteiger partial charge is 0.497 e. The molecule has 0 saturated carbocycles. The lowest BCUT2D eigenvalue weighted by atomic mass is 9.97. The normalized spacial score (nSPS) is 12.1. The maximum absolute atomic E-state index is 5.99. The Balaban J connectivity index is 2.59. The summed E-state index contributed by atoms with van der Waals surface area (Å²) in [6.07, 6.45) is 0. The number of rotatable bonds is 3. The predicted molar refractivity (Wildman–Crippen MR) is 75.3 cm³/mol. The van der Waals surface area contributed by atoms with Gasteiger partial charge in [-0.25, -0.2) is 4.98 Å². The van der Waals surface area contributed by atoms with E-state index in [-0.39, 0.29) is 5.41 Å². The summed E-state index contributed by atoms with van der Waals surface area (Å²) in [5.74, 6) is 2.18. The predicted octanol–water partition coefficient (Wildman–Crippen LogP) is 3.83. The molecule has 0 radical (unpaired) electrons. The fourth-order valence-corrected chi connectivity index (χ4v) is 2.24. The van der Waals surface area contributed by atoms with E-state index in [0.717, 1.165) is 29.2 Å². The van der Waals surface area contributed by atoms with E-state index in [4.69, 9.17) is 16.3 Å². The summed E-state index contributed by atoms with van der Waals surface area (Å²) in [6.45, 7) is 7.50. The summed E-state index contributed by atoms with van der Waals surface area (Å²) in [7, 11) is 1.67. The Labute approximate surface area is 113 Å². The summed E-state index contributed by atoms with van der Waals surface area (Å²) < 4.78 is 7.46. The highest BCUT2D eigenvalue weighted by atomic mass is 35.5. The third-order valence-corrected chi connectivity index (χ3v) is 3.03. The van der Waals surface area contributed by atoms with Gasteiger partial charge >= 0.3 is 0 Å². The Bertz CT molecular complexity index is 555. The number of fused-ring (bicyclic) bond motifs is 1. The molecule has 3 nitrogen and oxygen atoms in total. The van der Waals surface area contributed by atoms with Crippen molar-refractivity contribution in [2.24, 2.45) is 5.41 Å². The number of hydrogen-bond acceptors (Lipinski definition) is 2. The highest BCUT2D eigenvalue weighted by Gasteiger charge is 2.17. The number of alkyl halides is 1. The molecule has 0 atom stereocenters. The van der Waals surface area contributed by atoms with Crippen LogP contribution in [0.3, 0.4) is 0 Å². The van der Waals surface area contributed by atoms with Crippen molar-refractivity contribution in [2.75, 3.05) is 7.11 Å². The third kappa shape index (κ3) is 2.61. The second kappa shape index (κ2) is 4.81. The van der Waals surface area contributed by atoms with Crippen molar-refractivity contribution in [1.82, 2.24) is 9.55 Å². The van der Waals surface area contributed by atoms with E-state index in [1.54, 1.807) is 7.11 Å². The molecule has 0 saturated heterocycles. The summed E-state index contributed by atoms with van der Waals surface area (Å²) in [5, 5.41) is 0. The number of aromatic nitrogens is 2. The van der Waals surface area contributed by atoms with Crippen LogP contribution in [0.25, 0.3) is 11.0 Å². The van der Waals surface area contributed by atoms with Gasteiger partial charge in [0.05, 0.1) is 24.0 Å². The second-order valence-electron chi connectivity index (χ2n) is 5.66. The highest BCUT2D eigenvalue weighted by Crippen LogP contribution is 2.26. The monoisotopic (exact) mass is 266 g/mol. The van der Waals surface area contributed by atoms with Crippen molar-refractivity contribution < 1.29 is 4.74 Å². The quantitative estimate of drug-likeness (QED) is 0.790. The van der Waals surface area contributed by atoms with Crippen LogP contribution in [-0.2, 0) is 12.4 Å². The van der Waals surface area contributed by atoms with Crippen LogP contribution in [0.1, 0.15) is 26.6 Å². The van der Waals surface area contributed by atoms with Gasteiger partial charge in [0.25, 0.3) is 0 Å². The Morgan fingerprint density at radius 3 is 2.61 bits per heavy atom. The molecule has 0 aliphatic rings. The smallest absolute Gasteiger partial charge is 0.124 e. The lowest BCUT2D eigenvalue weighted by molar-refractivity contribution is 0.344. The van der Waals surface area contributed by atoms with Crippen LogP contribution in [0.15, 0.2) is 18.2 Å². The van der Waals surface area contributed by atoms with Crippen LogP contribution in [0.4, 0.5) is 0 Å². The number of nitrogens with zero attached hydrogens (tertiary/aromatic N) is 2. The van der Waals surface area contributed by atoms with E-state index in [2.05, 4.69) is 30.3 Å². The first-order valence-corrected chi connectivity index (χ1v) is 6.57. The van der Waals surface area contributed by atoms with Gasteiger partial charge in [-0.05, 0) is 17.5 Å². The van der Waals surface area contributed by atoms with Crippen molar-refractivity contribution in [1.29, 1.82) is 0 Å². The molecule has 1 aromatic carbocycles. The standard InChI is InChI=1S/C14H19ClN2O/c1-14(2,3)9-17-12-7-10(18-4)5-6-11(12)16-13(17)8-15/h5-7H,8-9H2,1-4H3. The number of benzene rings is 1. The number of imidazole rings is 1. The van der Waals surface area contributed by atoms with Gasteiger partial charge in [0, 0.05) is 12.6 Å². The summed E-state index contributed by atoms with van der Waals surface area (Å²) >= 11 is 5.99. The molecule has 0 spiro atoms. The molecule has 0 N–H and O–H groups in total. The van der Waals surface area contributed by atoms with Crippen molar-refractivity contribution in [3.05, 3.63) is 24.0 Å². The average molecular weight is 267 g/mol. The van der Waals surface area contributed by atoms with E-state index < -0.39 is 0 Å². The van der Waals surface area contributed by atoms with E-state index in [9.17, 15) is 0 Å². The summed E-state index contributed by atoms with van der Waals surface area (Å²) in [5.41, 5.74) is 2.23. The van der Waals surface area contributed by atoms with E-state index in [1.165, 1.54) is 0 Å². The third-order valence-electron chi connectivity index (χ3n) is 2.79. The van der Waals surface area contributed by atoms with Crippen molar-refractivity contribution in [2.45, 2.75) is 33.2 Å². The minimum atomic E-state index is 0.178. The van der Waals surface area contributed by atoms with Crippen LogP contribution in [0.5, 0.6) is 5.75 Å². The SMILES string of the molecule is COc1ccc2nc(CCl)n(CC(C)(C)C)c2c1. The van der Waals surface area contributed by atoms with Crippen molar-refractivity contribution in [3.63, 3.8) is 0 Å². The fraction of sp³-hybridized carbons (Fsp3) is 0.500. The molecule has 0 bridgehead atoms. The van der Waals surface area contributed by atoms with Crippen LogP contribution in [-0.4, -0.2) is 16.7 Å². The first-order chi connectivity index (χ1) is 8.44. The zero-order valence-corrected chi connectivity index (χ0v) is 12.1. The molecule has 0 aliphatic carbocycles. The zero-order valence-electron chi connectivity index (χ0n) is 11.3. The Kier molecular flexibility index (Phi) is 3.53. The molecule has 4 heteroatoms. The van der Waals surface area contributed by atoms with Crippen molar-refractivity contribution in [3.8, 4) is 5.75 Å². The van der Waals surface area contributed by atoms with Gasteiger partial charge < -0.3 is 9.30 Å². The number of methoxy groups -OCH3 is 1. The van der Waals surface area contributed by atoms with Gasteiger partial charge in [-0.15, -0.1) is 11.6 Å². The number of ether oxygens (including phenoxy) is 1. The molecule has 98 valence electrons. The number of hydrogen-bond donors (Lipinski definition) is 0. The Morgan fingerprint density at radius 2 is 2.06 bits per heavy atom. The molecule has 0 aliphatic heterocycles. The van der Waals surface area contributed by atoms with Gasteiger partial charge in [-0.3, -0.25) is 0 Å². The minimum Gasteiger partial charge on any atom is -0.497 e. The molecule has 0 amide bonds. The molecule has 2 rings (SSSR count). The van der Waals surface area contributed by atoms with Gasteiger partial charge in [0.15, 0.2) is 0 Å². The van der Waals surface area contributed by atoms with E-state index in [1.807, 2.05) is 18.2 Å². The second-order valence-corrected chi connectivity index (χ2v) is 5.93. The molecule has 18 heavy (non-hydrogen) atoms. The first kappa shape index (κ1) is 13.2. The molecular weight excluding hydrogens is 248 g/mol. The number of halogens is 1. The van der Waals surface area contributed by atoms with Gasteiger partial charge in [-0.1, -0.05) is 20.8 Å². The minimum absolute atomic E-state index is 0.178. The van der Waals surface area contributed by atoms with E-state index >= 15 is 0 Å². The lowest BCUT2D eigenvalue weighted by Crippen LogP contribution is -2.17. The van der Waals surface area contributed by atoms with Gasteiger partial charge in [-0.2, -0.15) is 0 Å². The summed E-state index contributed by atoms with van der Waals surface area (Å²) in [4.78, 5) is 4.57. The zero-order chi connectivity index (χ0) is 13.3. The van der Waals surface area contributed by atoms with Crippen LogP contribution >= 0.6 is 11.6 Å². The first-order valence-electron chi connectivity index (χ1n) is 6.04. The van der Waals surface area contributed by atoms with Gasteiger partial charge in [0.2, 0.25) is 0 Å².